The first-order chi connectivity index (χ1) is 7.59. The predicted octanol–water partition coefficient (Wildman–Crippen LogP) is 4.91. The standard InChI is InChI=1S/C14H18ClF/c1-9-7-12(8-10(2)14(9)16)13(15)11-5-3-4-6-11/h7-8,11,13H,3-6H2,1-2H3. The molecule has 1 aromatic rings. The van der Waals surface area contributed by atoms with Gasteiger partial charge < -0.3 is 0 Å². The van der Waals surface area contributed by atoms with Gasteiger partial charge in [-0.1, -0.05) is 25.0 Å². The van der Waals surface area contributed by atoms with E-state index in [1.54, 1.807) is 0 Å². The highest BCUT2D eigenvalue weighted by molar-refractivity contribution is 6.21. The smallest absolute Gasteiger partial charge is 0.129 e. The molecule has 1 fully saturated rings. The predicted molar refractivity (Wildman–Crippen MR) is 66.4 cm³/mol. The molecule has 2 rings (SSSR count). The van der Waals surface area contributed by atoms with E-state index in [4.69, 9.17) is 11.6 Å². The minimum absolute atomic E-state index is 0.0560. The van der Waals surface area contributed by atoms with Gasteiger partial charge in [0.05, 0.1) is 5.38 Å². The van der Waals surface area contributed by atoms with Gasteiger partial charge in [-0.25, -0.2) is 4.39 Å². The maximum atomic E-state index is 13.5. The Hall–Kier alpha value is -0.560. The molecule has 0 spiro atoms. The average molecular weight is 241 g/mol. The monoisotopic (exact) mass is 240 g/mol. The zero-order valence-corrected chi connectivity index (χ0v) is 10.6. The van der Waals surface area contributed by atoms with Crippen LogP contribution in [0.3, 0.4) is 0 Å². The Balaban J connectivity index is 2.26. The Morgan fingerprint density at radius 3 is 2.19 bits per heavy atom. The average Bonchev–Trinajstić information content (AvgIpc) is 2.77. The van der Waals surface area contributed by atoms with Crippen LogP contribution in [-0.4, -0.2) is 0 Å². The molecule has 2 heteroatoms. The molecule has 0 saturated heterocycles. The van der Waals surface area contributed by atoms with E-state index in [0.29, 0.717) is 17.0 Å². The van der Waals surface area contributed by atoms with Crippen LogP contribution in [-0.2, 0) is 0 Å². The summed E-state index contributed by atoms with van der Waals surface area (Å²) in [6.45, 7) is 3.62. The molecule has 0 aliphatic heterocycles. The highest BCUT2D eigenvalue weighted by Crippen LogP contribution is 2.40. The molecule has 88 valence electrons. The van der Waals surface area contributed by atoms with Crippen molar-refractivity contribution in [2.45, 2.75) is 44.9 Å². The van der Waals surface area contributed by atoms with E-state index < -0.39 is 0 Å². The molecule has 0 radical (unpaired) electrons. The van der Waals surface area contributed by atoms with Crippen molar-refractivity contribution in [3.05, 3.63) is 34.6 Å². The second-order valence-electron chi connectivity index (χ2n) is 4.91. The Morgan fingerprint density at radius 1 is 1.19 bits per heavy atom. The summed E-state index contributed by atoms with van der Waals surface area (Å²) in [7, 11) is 0. The van der Waals surface area contributed by atoms with Crippen LogP contribution in [0.15, 0.2) is 12.1 Å². The van der Waals surface area contributed by atoms with Gasteiger partial charge in [0.2, 0.25) is 0 Å². The van der Waals surface area contributed by atoms with Crippen molar-refractivity contribution in [2.75, 3.05) is 0 Å². The van der Waals surface area contributed by atoms with E-state index in [9.17, 15) is 4.39 Å². The third-order valence-corrected chi connectivity index (χ3v) is 4.20. The number of hydrogen-bond acceptors (Lipinski definition) is 0. The first-order valence-corrected chi connectivity index (χ1v) is 6.44. The molecule has 1 atom stereocenters. The zero-order chi connectivity index (χ0) is 11.7. The van der Waals surface area contributed by atoms with Crippen molar-refractivity contribution in [1.82, 2.24) is 0 Å². The van der Waals surface area contributed by atoms with Gasteiger partial charge >= 0.3 is 0 Å². The summed E-state index contributed by atoms with van der Waals surface area (Å²) in [6, 6.07) is 3.80. The van der Waals surface area contributed by atoms with Crippen LogP contribution < -0.4 is 0 Å². The fraction of sp³-hybridized carbons (Fsp3) is 0.571. The Bertz CT molecular complexity index is 357. The molecule has 1 aliphatic rings. The van der Waals surface area contributed by atoms with E-state index >= 15 is 0 Å². The van der Waals surface area contributed by atoms with Gasteiger partial charge in [-0.15, -0.1) is 11.6 Å². The number of aryl methyl sites for hydroxylation is 2. The summed E-state index contributed by atoms with van der Waals surface area (Å²) in [5.74, 6) is 0.477. The fourth-order valence-electron chi connectivity index (χ4n) is 2.66. The van der Waals surface area contributed by atoms with Crippen molar-refractivity contribution in [3.63, 3.8) is 0 Å². The SMILES string of the molecule is Cc1cc(C(Cl)C2CCCC2)cc(C)c1F. The summed E-state index contributed by atoms with van der Waals surface area (Å²) in [6.07, 6.45) is 4.99. The number of benzene rings is 1. The molecule has 0 aromatic heterocycles. The summed E-state index contributed by atoms with van der Waals surface area (Å²) >= 11 is 6.49. The van der Waals surface area contributed by atoms with Gasteiger partial charge in [-0.2, -0.15) is 0 Å². The van der Waals surface area contributed by atoms with Gasteiger partial charge in [-0.3, -0.25) is 0 Å². The number of alkyl halides is 1. The number of rotatable bonds is 2. The van der Waals surface area contributed by atoms with Crippen molar-refractivity contribution >= 4 is 11.6 Å². The highest BCUT2D eigenvalue weighted by Gasteiger charge is 2.25. The van der Waals surface area contributed by atoms with Crippen molar-refractivity contribution in [1.29, 1.82) is 0 Å². The highest BCUT2D eigenvalue weighted by atomic mass is 35.5. The van der Waals surface area contributed by atoms with E-state index in [1.165, 1.54) is 25.7 Å². The lowest BCUT2D eigenvalue weighted by Gasteiger charge is -2.18. The Labute approximate surface area is 102 Å². The largest absolute Gasteiger partial charge is 0.206 e. The third kappa shape index (κ3) is 2.24. The first kappa shape index (κ1) is 11.9. The summed E-state index contributed by atoms with van der Waals surface area (Å²) < 4.78 is 13.5. The Morgan fingerprint density at radius 2 is 1.69 bits per heavy atom. The molecule has 0 heterocycles. The second-order valence-corrected chi connectivity index (χ2v) is 5.39. The van der Waals surface area contributed by atoms with Gasteiger partial charge in [0, 0.05) is 0 Å². The first-order valence-electron chi connectivity index (χ1n) is 6.00. The molecular formula is C14H18ClF. The lowest BCUT2D eigenvalue weighted by Crippen LogP contribution is -2.05. The zero-order valence-electron chi connectivity index (χ0n) is 9.89. The van der Waals surface area contributed by atoms with E-state index in [2.05, 4.69) is 0 Å². The molecule has 1 aliphatic carbocycles. The molecule has 0 N–H and O–H groups in total. The summed E-state index contributed by atoms with van der Waals surface area (Å²) in [5, 5.41) is 0.0560. The van der Waals surface area contributed by atoms with E-state index in [1.807, 2.05) is 26.0 Å². The number of halogens is 2. The molecular weight excluding hydrogens is 223 g/mol. The topological polar surface area (TPSA) is 0 Å². The molecule has 0 amide bonds. The quantitative estimate of drug-likeness (QED) is 0.644. The van der Waals surface area contributed by atoms with Crippen molar-refractivity contribution < 1.29 is 4.39 Å². The summed E-state index contributed by atoms with van der Waals surface area (Å²) in [4.78, 5) is 0. The van der Waals surface area contributed by atoms with Crippen LogP contribution in [0.25, 0.3) is 0 Å². The molecule has 0 nitrogen and oxygen atoms in total. The van der Waals surface area contributed by atoms with Crippen LogP contribution in [0.5, 0.6) is 0 Å². The molecule has 1 saturated carbocycles. The maximum Gasteiger partial charge on any atom is 0.129 e. The maximum absolute atomic E-state index is 13.5. The molecule has 1 unspecified atom stereocenters. The summed E-state index contributed by atoms with van der Waals surface area (Å²) in [5.41, 5.74) is 2.50. The van der Waals surface area contributed by atoms with Crippen molar-refractivity contribution in [2.24, 2.45) is 5.92 Å². The minimum Gasteiger partial charge on any atom is -0.206 e. The molecule has 0 bridgehead atoms. The number of hydrogen-bond donors (Lipinski definition) is 0. The fourth-order valence-corrected chi connectivity index (χ4v) is 3.04. The van der Waals surface area contributed by atoms with Crippen LogP contribution >= 0.6 is 11.6 Å². The van der Waals surface area contributed by atoms with Crippen LogP contribution in [0, 0.1) is 25.6 Å². The van der Waals surface area contributed by atoms with Gasteiger partial charge in [-0.05, 0) is 49.3 Å². The lowest BCUT2D eigenvalue weighted by atomic mass is 9.94. The van der Waals surface area contributed by atoms with Gasteiger partial charge in [0.15, 0.2) is 0 Å². The Kier molecular flexibility index (Phi) is 3.53. The third-order valence-electron chi connectivity index (χ3n) is 3.59. The van der Waals surface area contributed by atoms with E-state index in [-0.39, 0.29) is 11.2 Å². The van der Waals surface area contributed by atoms with Crippen LogP contribution in [0.1, 0.15) is 47.8 Å². The van der Waals surface area contributed by atoms with Gasteiger partial charge in [0.1, 0.15) is 5.82 Å². The van der Waals surface area contributed by atoms with Crippen LogP contribution in [0.4, 0.5) is 4.39 Å². The lowest BCUT2D eigenvalue weighted by molar-refractivity contribution is 0.526. The van der Waals surface area contributed by atoms with Crippen molar-refractivity contribution in [3.8, 4) is 0 Å². The second kappa shape index (κ2) is 4.75. The van der Waals surface area contributed by atoms with Crippen LogP contribution in [0.2, 0.25) is 0 Å². The minimum atomic E-state index is -0.0981. The van der Waals surface area contributed by atoms with Gasteiger partial charge in [0.25, 0.3) is 0 Å². The normalized spacial score (nSPS) is 19.0. The molecule has 16 heavy (non-hydrogen) atoms. The van der Waals surface area contributed by atoms with E-state index in [0.717, 1.165) is 5.56 Å². The molecule has 1 aromatic carbocycles.